The van der Waals surface area contributed by atoms with Crippen LogP contribution in [0.1, 0.15) is 131 Å². The lowest BCUT2D eigenvalue weighted by Gasteiger charge is -2.61. The molecule has 4 fully saturated rings. The Morgan fingerprint density at radius 1 is 0.733 bits per heavy atom. The third-order valence-corrected chi connectivity index (χ3v) is 11.6. The minimum atomic E-state index is 0.669. The summed E-state index contributed by atoms with van der Waals surface area (Å²) in [7, 11) is 0. The van der Waals surface area contributed by atoms with Crippen LogP contribution in [0.25, 0.3) is 0 Å². The van der Waals surface area contributed by atoms with E-state index in [0.29, 0.717) is 10.8 Å². The Kier molecular flexibility index (Phi) is 7.02. The van der Waals surface area contributed by atoms with Crippen LogP contribution in [0.3, 0.4) is 0 Å². The maximum absolute atomic E-state index is 2.76. The van der Waals surface area contributed by atoms with E-state index in [2.05, 4.69) is 41.5 Å². The van der Waals surface area contributed by atoms with Crippen molar-refractivity contribution >= 4 is 0 Å². The van der Waals surface area contributed by atoms with E-state index in [0.717, 1.165) is 47.3 Å². The lowest BCUT2D eigenvalue weighted by molar-refractivity contribution is -0.114. The molecule has 4 aliphatic rings. The van der Waals surface area contributed by atoms with E-state index in [1.807, 2.05) is 0 Å². The van der Waals surface area contributed by atoms with Crippen LogP contribution in [-0.4, -0.2) is 0 Å². The molecule has 174 valence electrons. The first-order chi connectivity index (χ1) is 14.3. The summed E-state index contributed by atoms with van der Waals surface area (Å²) in [5.41, 5.74) is 1.38. The van der Waals surface area contributed by atoms with Crippen LogP contribution in [0.2, 0.25) is 0 Å². The van der Waals surface area contributed by atoms with Crippen LogP contribution >= 0.6 is 0 Å². The van der Waals surface area contributed by atoms with Gasteiger partial charge in [0.2, 0.25) is 0 Å². The Labute approximate surface area is 189 Å². The summed E-state index contributed by atoms with van der Waals surface area (Å²) >= 11 is 0. The van der Waals surface area contributed by atoms with Crippen molar-refractivity contribution in [2.24, 2.45) is 58.2 Å². The number of hydrogen-bond acceptors (Lipinski definition) is 0. The zero-order valence-electron chi connectivity index (χ0n) is 21.5. The summed E-state index contributed by atoms with van der Waals surface area (Å²) in [6.07, 6.45) is 21.4. The highest BCUT2D eigenvalue weighted by Crippen LogP contribution is 2.68. The van der Waals surface area contributed by atoms with Crippen LogP contribution in [0, 0.1) is 58.2 Å². The molecular formula is C30H54. The lowest BCUT2D eigenvalue weighted by Crippen LogP contribution is -2.53. The summed E-state index contributed by atoms with van der Waals surface area (Å²) in [5, 5.41) is 0. The Morgan fingerprint density at radius 2 is 1.50 bits per heavy atom. The molecule has 4 saturated carbocycles. The highest BCUT2D eigenvalue weighted by Gasteiger charge is 2.59. The molecule has 0 aromatic heterocycles. The number of hydrogen-bond donors (Lipinski definition) is 0. The monoisotopic (exact) mass is 414 g/mol. The molecule has 0 N–H and O–H groups in total. The molecule has 4 aliphatic carbocycles. The first-order valence-corrected chi connectivity index (χ1v) is 14.3. The zero-order chi connectivity index (χ0) is 21.5. The summed E-state index contributed by atoms with van der Waals surface area (Å²) < 4.78 is 0. The van der Waals surface area contributed by atoms with E-state index in [1.54, 1.807) is 51.4 Å². The largest absolute Gasteiger partial charge is 0.0628 e. The second kappa shape index (κ2) is 9.09. The third-order valence-electron chi connectivity index (χ3n) is 11.6. The highest BCUT2D eigenvalue weighted by atomic mass is 14.6. The van der Waals surface area contributed by atoms with Gasteiger partial charge in [0.1, 0.15) is 0 Å². The van der Waals surface area contributed by atoms with Gasteiger partial charge in [-0.1, -0.05) is 73.6 Å². The van der Waals surface area contributed by atoms with E-state index < -0.39 is 0 Å². The molecule has 2 unspecified atom stereocenters. The number of fused-ring (bicyclic) bond motifs is 5. The van der Waals surface area contributed by atoms with E-state index in [4.69, 9.17) is 0 Å². The van der Waals surface area contributed by atoms with Gasteiger partial charge in [-0.2, -0.15) is 0 Å². The van der Waals surface area contributed by atoms with Gasteiger partial charge in [-0.3, -0.25) is 0 Å². The molecule has 30 heavy (non-hydrogen) atoms. The van der Waals surface area contributed by atoms with Gasteiger partial charge in [0.25, 0.3) is 0 Å². The normalized spacial score (nSPS) is 45.5. The fraction of sp³-hybridized carbons (Fsp3) is 1.00. The first-order valence-electron chi connectivity index (χ1n) is 14.3. The Balaban J connectivity index is 1.37. The van der Waals surface area contributed by atoms with Crippen molar-refractivity contribution in [1.29, 1.82) is 0 Å². The maximum atomic E-state index is 2.76. The summed E-state index contributed by atoms with van der Waals surface area (Å²) in [6, 6.07) is 0. The predicted molar refractivity (Wildman–Crippen MR) is 131 cm³/mol. The van der Waals surface area contributed by atoms with Gasteiger partial charge in [-0.15, -0.1) is 0 Å². The Bertz CT molecular complexity index is 562. The van der Waals surface area contributed by atoms with Crippen LogP contribution < -0.4 is 0 Å². The van der Waals surface area contributed by atoms with Crippen molar-refractivity contribution in [2.75, 3.05) is 0 Å². The molecule has 0 heterocycles. The summed E-state index contributed by atoms with van der Waals surface area (Å²) in [4.78, 5) is 0. The van der Waals surface area contributed by atoms with Crippen LogP contribution in [-0.2, 0) is 0 Å². The molecule has 0 heteroatoms. The highest BCUT2D eigenvalue weighted by molar-refractivity contribution is 5.09. The van der Waals surface area contributed by atoms with Crippen molar-refractivity contribution in [1.82, 2.24) is 0 Å². The van der Waals surface area contributed by atoms with Crippen LogP contribution in [0.5, 0.6) is 0 Å². The van der Waals surface area contributed by atoms with Gasteiger partial charge in [0.05, 0.1) is 0 Å². The summed E-state index contributed by atoms with van der Waals surface area (Å²) in [5.74, 6) is 8.02. The van der Waals surface area contributed by atoms with Crippen molar-refractivity contribution in [3.05, 3.63) is 0 Å². The third kappa shape index (κ3) is 4.17. The van der Waals surface area contributed by atoms with Gasteiger partial charge in [0, 0.05) is 0 Å². The molecule has 0 saturated heterocycles. The molecule has 0 aromatic rings. The number of rotatable bonds is 7. The topological polar surface area (TPSA) is 0 Å². The smallest absolute Gasteiger partial charge is 0.0264 e. The summed E-state index contributed by atoms with van der Waals surface area (Å²) in [6.45, 7) is 15.4. The van der Waals surface area contributed by atoms with Gasteiger partial charge in [-0.05, 0) is 116 Å². The van der Waals surface area contributed by atoms with Crippen molar-refractivity contribution in [2.45, 2.75) is 131 Å². The maximum Gasteiger partial charge on any atom is -0.0264 e. The molecular weight excluding hydrogens is 360 g/mol. The van der Waals surface area contributed by atoms with Gasteiger partial charge in [0.15, 0.2) is 0 Å². The molecule has 4 rings (SSSR count). The lowest BCUT2D eigenvalue weighted by atomic mass is 9.44. The average molecular weight is 415 g/mol. The Hall–Kier alpha value is 0. The molecule has 0 radical (unpaired) electrons. The van der Waals surface area contributed by atoms with E-state index in [9.17, 15) is 0 Å². The van der Waals surface area contributed by atoms with Crippen molar-refractivity contribution < 1.29 is 0 Å². The predicted octanol–water partition coefficient (Wildman–Crippen LogP) is 9.52. The molecule has 0 bridgehead atoms. The van der Waals surface area contributed by atoms with Gasteiger partial charge < -0.3 is 0 Å². The molecule has 0 aliphatic heterocycles. The van der Waals surface area contributed by atoms with E-state index >= 15 is 0 Å². The minimum Gasteiger partial charge on any atom is -0.0628 e. The molecule has 0 aromatic carbocycles. The van der Waals surface area contributed by atoms with Gasteiger partial charge in [-0.25, -0.2) is 0 Å². The minimum absolute atomic E-state index is 0.669. The van der Waals surface area contributed by atoms with Gasteiger partial charge >= 0.3 is 0 Å². The molecule has 0 spiro atoms. The fourth-order valence-electron chi connectivity index (χ4n) is 10.2. The second-order valence-corrected chi connectivity index (χ2v) is 13.8. The zero-order valence-corrected chi connectivity index (χ0v) is 21.5. The van der Waals surface area contributed by atoms with E-state index in [-0.39, 0.29) is 0 Å². The average Bonchev–Trinajstić information content (AvgIpc) is 3.04. The quantitative estimate of drug-likeness (QED) is 0.389. The molecule has 9 atom stereocenters. The van der Waals surface area contributed by atoms with E-state index in [1.165, 1.54) is 38.5 Å². The fourth-order valence-corrected chi connectivity index (χ4v) is 10.2. The first kappa shape index (κ1) is 23.2. The molecule has 0 nitrogen and oxygen atoms in total. The standard InChI is InChI=1S/C30H54/c1-21(2)20-22(3)10-9-11-23(4)26-15-16-27-25-14-13-24-12-7-8-18-29(24,5)28(25)17-19-30(26,27)6/h21-28H,7-20H2,1-6H3/t22?,23-,24?,25+,26-,27+,28+,29+,30-/m1/s1. The SMILES string of the molecule is CC(C)CC(C)CCC[C@@H](C)[C@H]1CC[C@H]2[C@@H]3CCC4CCCC[C@]4(C)[C@H]3CC[C@]12C. The van der Waals surface area contributed by atoms with Crippen LogP contribution in [0.15, 0.2) is 0 Å². The van der Waals surface area contributed by atoms with Crippen molar-refractivity contribution in [3.8, 4) is 0 Å². The molecule has 0 amide bonds. The second-order valence-electron chi connectivity index (χ2n) is 13.8. The Morgan fingerprint density at radius 3 is 2.27 bits per heavy atom. The van der Waals surface area contributed by atoms with Crippen LogP contribution in [0.4, 0.5) is 0 Å². The van der Waals surface area contributed by atoms with Crippen molar-refractivity contribution in [3.63, 3.8) is 0 Å².